The predicted octanol–water partition coefficient (Wildman–Crippen LogP) is 3.63. The maximum absolute atomic E-state index is 14.1. The first kappa shape index (κ1) is 15.4. The van der Waals surface area contributed by atoms with Gasteiger partial charge in [-0.15, -0.1) is 0 Å². The van der Waals surface area contributed by atoms with Crippen LogP contribution in [0.5, 0.6) is 0 Å². The van der Waals surface area contributed by atoms with Crippen molar-refractivity contribution in [2.45, 2.75) is 13.5 Å². The Balaban J connectivity index is 2.22. The second-order valence-electron chi connectivity index (χ2n) is 4.66. The molecule has 0 unspecified atom stereocenters. The molecule has 0 atom stereocenters. The summed E-state index contributed by atoms with van der Waals surface area (Å²) in [6, 6.07) is 10.9. The molecule has 0 heterocycles. The number of nitrogens with zero attached hydrogens (tertiary/aromatic N) is 1. The summed E-state index contributed by atoms with van der Waals surface area (Å²) in [5.41, 5.74) is 7.38. The molecule has 2 aromatic rings. The summed E-state index contributed by atoms with van der Waals surface area (Å²) >= 11 is 4.83. The van der Waals surface area contributed by atoms with Gasteiger partial charge < -0.3 is 10.6 Å². The van der Waals surface area contributed by atoms with Crippen LogP contribution in [0.25, 0.3) is 0 Å². The maximum Gasteiger partial charge on any atom is 0.128 e. The van der Waals surface area contributed by atoms with E-state index >= 15 is 0 Å². The molecular formula is C16H16F2N2S. The van der Waals surface area contributed by atoms with Crippen molar-refractivity contribution >= 4 is 22.9 Å². The molecule has 5 heteroatoms. The van der Waals surface area contributed by atoms with Crippen LogP contribution in [-0.4, -0.2) is 11.5 Å². The minimum atomic E-state index is -0.346. The first-order chi connectivity index (χ1) is 10.0. The lowest BCUT2D eigenvalue weighted by Gasteiger charge is -2.23. The average molecular weight is 306 g/mol. The van der Waals surface area contributed by atoms with Gasteiger partial charge in [0.1, 0.15) is 16.6 Å². The van der Waals surface area contributed by atoms with Gasteiger partial charge in [0.2, 0.25) is 0 Å². The number of benzene rings is 2. The topological polar surface area (TPSA) is 29.3 Å². The molecule has 0 fully saturated rings. The number of hydrogen-bond acceptors (Lipinski definition) is 2. The highest BCUT2D eigenvalue weighted by atomic mass is 32.1. The largest absolute Gasteiger partial charge is 0.389 e. The normalized spacial score (nSPS) is 10.4. The van der Waals surface area contributed by atoms with Crippen molar-refractivity contribution in [1.29, 1.82) is 0 Å². The second-order valence-corrected chi connectivity index (χ2v) is 5.10. The average Bonchev–Trinajstić information content (AvgIpc) is 2.47. The van der Waals surface area contributed by atoms with Crippen LogP contribution in [0.15, 0.2) is 42.5 Å². The summed E-state index contributed by atoms with van der Waals surface area (Å²) < 4.78 is 27.0. The minimum absolute atomic E-state index is 0.173. The lowest BCUT2D eigenvalue weighted by molar-refractivity contribution is 0.604. The molecule has 0 radical (unpaired) electrons. The second kappa shape index (κ2) is 6.63. The Kier molecular flexibility index (Phi) is 4.85. The van der Waals surface area contributed by atoms with E-state index in [1.807, 2.05) is 11.8 Å². The van der Waals surface area contributed by atoms with Crippen molar-refractivity contribution in [2.75, 3.05) is 11.4 Å². The van der Waals surface area contributed by atoms with E-state index in [0.717, 1.165) is 5.69 Å². The maximum atomic E-state index is 14.1. The molecule has 110 valence electrons. The SMILES string of the molecule is CCN(Cc1ccc(C(N)=S)cc1F)c1ccc(F)cc1. The van der Waals surface area contributed by atoms with Crippen LogP contribution in [-0.2, 0) is 6.54 Å². The van der Waals surface area contributed by atoms with Crippen LogP contribution in [0.1, 0.15) is 18.1 Å². The molecule has 0 aromatic heterocycles. The summed E-state index contributed by atoms with van der Waals surface area (Å²) in [6.07, 6.45) is 0. The van der Waals surface area contributed by atoms with Gasteiger partial charge >= 0.3 is 0 Å². The van der Waals surface area contributed by atoms with Gasteiger partial charge in [0, 0.05) is 29.9 Å². The predicted molar refractivity (Wildman–Crippen MR) is 85.4 cm³/mol. The highest BCUT2D eigenvalue weighted by molar-refractivity contribution is 7.80. The van der Waals surface area contributed by atoms with Crippen LogP contribution >= 0.6 is 12.2 Å². The summed E-state index contributed by atoms with van der Waals surface area (Å²) in [5, 5.41) is 0. The first-order valence-electron chi connectivity index (χ1n) is 6.60. The number of halogens is 2. The minimum Gasteiger partial charge on any atom is -0.389 e. The van der Waals surface area contributed by atoms with Gasteiger partial charge in [-0.3, -0.25) is 0 Å². The summed E-state index contributed by atoms with van der Waals surface area (Å²) in [7, 11) is 0. The van der Waals surface area contributed by atoms with Crippen molar-refractivity contribution in [3.8, 4) is 0 Å². The fourth-order valence-electron chi connectivity index (χ4n) is 2.07. The fraction of sp³-hybridized carbons (Fsp3) is 0.188. The molecule has 0 aliphatic heterocycles. The molecule has 0 aliphatic rings. The van der Waals surface area contributed by atoms with Crippen molar-refractivity contribution < 1.29 is 8.78 Å². The molecule has 0 spiro atoms. The molecular weight excluding hydrogens is 290 g/mol. The van der Waals surface area contributed by atoms with E-state index in [-0.39, 0.29) is 16.6 Å². The monoisotopic (exact) mass is 306 g/mol. The van der Waals surface area contributed by atoms with Gasteiger partial charge in [-0.1, -0.05) is 24.4 Å². The van der Waals surface area contributed by atoms with Gasteiger partial charge in [0.05, 0.1) is 0 Å². The van der Waals surface area contributed by atoms with E-state index in [1.165, 1.54) is 18.2 Å². The zero-order valence-corrected chi connectivity index (χ0v) is 12.5. The van der Waals surface area contributed by atoms with Crippen LogP contribution < -0.4 is 10.6 Å². The van der Waals surface area contributed by atoms with Crippen LogP contribution in [0.2, 0.25) is 0 Å². The quantitative estimate of drug-likeness (QED) is 0.855. The van der Waals surface area contributed by atoms with Gasteiger partial charge in [0.25, 0.3) is 0 Å². The Morgan fingerprint density at radius 1 is 1.14 bits per heavy atom. The number of hydrogen-bond donors (Lipinski definition) is 1. The van der Waals surface area contributed by atoms with E-state index in [0.29, 0.717) is 24.2 Å². The first-order valence-corrected chi connectivity index (χ1v) is 7.01. The van der Waals surface area contributed by atoms with Crippen molar-refractivity contribution in [3.63, 3.8) is 0 Å². The van der Waals surface area contributed by atoms with E-state index in [2.05, 4.69) is 0 Å². The third kappa shape index (κ3) is 3.76. The molecule has 0 bridgehead atoms. The Hall–Kier alpha value is -2.01. The van der Waals surface area contributed by atoms with Crippen LogP contribution in [0.4, 0.5) is 14.5 Å². The van der Waals surface area contributed by atoms with Crippen LogP contribution in [0.3, 0.4) is 0 Å². The standard InChI is InChI=1S/C16H16F2N2S/c1-2-20(14-7-5-13(17)6-8-14)10-12-4-3-11(16(19)21)9-15(12)18/h3-9H,2,10H2,1H3,(H2,19,21). The zero-order valence-electron chi connectivity index (χ0n) is 11.6. The van der Waals surface area contributed by atoms with Gasteiger partial charge in [0.15, 0.2) is 0 Å². The third-order valence-corrected chi connectivity index (χ3v) is 3.51. The number of nitrogens with two attached hydrogens (primary N) is 1. The van der Waals surface area contributed by atoms with Gasteiger partial charge in [-0.2, -0.15) is 0 Å². The molecule has 2 N–H and O–H groups in total. The molecule has 21 heavy (non-hydrogen) atoms. The fourth-order valence-corrected chi connectivity index (χ4v) is 2.20. The Morgan fingerprint density at radius 3 is 2.33 bits per heavy atom. The zero-order chi connectivity index (χ0) is 15.4. The van der Waals surface area contributed by atoms with Gasteiger partial charge in [-0.25, -0.2) is 8.78 Å². The smallest absolute Gasteiger partial charge is 0.128 e. The van der Waals surface area contributed by atoms with E-state index in [9.17, 15) is 8.78 Å². The molecule has 0 saturated carbocycles. The summed E-state index contributed by atoms with van der Waals surface area (Å²) in [4.78, 5) is 2.13. The molecule has 0 amide bonds. The van der Waals surface area contributed by atoms with Crippen molar-refractivity contribution in [1.82, 2.24) is 0 Å². The van der Waals surface area contributed by atoms with Gasteiger partial charge in [-0.05, 0) is 37.3 Å². The molecule has 2 rings (SSSR count). The van der Waals surface area contributed by atoms with Crippen LogP contribution in [0, 0.1) is 11.6 Å². The lowest BCUT2D eigenvalue weighted by atomic mass is 10.1. The third-order valence-electron chi connectivity index (χ3n) is 3.27. The molecule has 2 nitrogen and oxygen atoms in total. The number of thiocarbonyl (C=S) groups is 1. The van der Waals surface area contributed by atoms with E-state index < -0.39 is 0 Å². The Bertz CT molecular complexity index is 641. The number of rotatable bonds is 5. The summed E-state index contributed by atoms with van der Waals surface area (Å²) in [6.45, 7) is 3.04. The highest BCUT2D eigenvalue weighted by Crippen LogP contribution is 2.19. The van der Waals surface area contributed by atoms with Crippen molar-refractivity contribution in [3.05, 3.63) is 65.2 Å². The van der Waals surface area contributed by atoms with E-state index in [1.54, 1.807) is 24.3 Å². The molecule has 0 aliphatic carbocycles. The summed E-state index contributed by atoms with van der Waals surface area (Å²) in [5.74, 6) is -0.636. The van der Waals surface area contributed by atoms with E-state index in [4.69, 9.17) is 18.0 Å². The Morgan fingerprint density at radius 2 is 1.81 bits per heavy atom. The molecule has 0 saturated heterocycles. The lowest BCUT2D eigenvalue weighted by Crippen LogP contribution is -2.22. The van der Waals surface area contributed by atoms with Crippen molar-refractivity contribution in [2.24, 2.45) is 5.73 Å². The number of anilines is 1. The Labute approximate surface area is 128 Å². The molecule has 2 aromatic carbocycles. The highest BCUT2D eigenvalue weighted by Gasteiger charge is 2.10.